The predicted octanol–water partition coefficient (Wildman–Crippen LogP) is 3.66. The maximum Gasteiger partial charge on any atom is 0.411 e. The van der Waals surface area contributed by atoms with E-state index >= 15 is 0 Å². The monoisotopic (exact) mass is 339 g/mol. The van der Waals surface area contributed by atoms with Crippen molar-refractivity contribution in [3.63, 3.8) is 0 Å². The second-order valence-electron chi connectivity index (χ2n) is 5.65. The highest BCUT2D eigenvalue weighted by molar-refractivity contribution is 6.42. The molecule has 21 heavy (non-hydrogen) atoms. The molecule has 1 aromatic rings. The first-order chi connectivity index (χ1) is 9.84. The van der Waals surface area contributed by atoms with E-state index in [9.17, 15) is 13.2 Å². The van der Waals surface area contributed by atoms with Crippen LogP contribution in [0, 0.1) is 11.8 Å². The molecule has 2 fully saturated rings. The summed E-state index contributed by atoms with van der Waals surface area (Å²) in [5, 5.41) is 4.10. The second-order valence-corrected chi connectivity index (χ2v) is 6.46. The maximum absolute atomic E-state index is 12.3. The molecule has 7 heteroatoms. The molecule has 0 aromatic heterocycles. The first-order valence-electron chi connectivity index (χ1n) is 6.65. The smallest absolute Gasteiger partial charge is 0.371 e. The van der Waals surface area contributed by atoms with Crippen LogP contribution in [0.15, 0.2) is 18.2 Å². The molecule has 2 aliphatic rings. The number of rotatable bonds is 4. The molecule has 116 valence electrons. The molecule has 0 amide bonds. The van der Waals surface area contributed by atoms with E-state index in [0.717, 1.165) is 18.7 Å². The van der Waals surface area contributed by atoms with Gasteiger partial charge in [-0.2, -0.15) is 13.2 Å². The van der Waals surface area contributed by atoms with E-state index < -0.39 is 12.8 Å². The number of alkyl halides is 3. The van der Waals surface area contributed by atoms with Crippen LogP contribution in [0.1, 0.15) is 5.56 Å². The van der Waals surface area contributed by atoms with E-state index in [4.69, 9.17) is 27.9 Å². The Bertz CT molecular complexity index is 540. The lowest BCUT2D eigenvalue weighted by Gasteiger charge is -2.23. The van der Waals surface area contributed by atoms with Gasteiger partial charge in [-0.15, -0.1) is 0 Å². The molecule has 2 nitrogen and oxygen atoms in total. The Kier molecular flexibility index (Phi) is 3.89. The zero-order valence-electron chi connectivity index (χ0n) is 11.0. The van der Waals surface area contributed by atoms with Gasteiger partial charge in [-0.05, 0) is 42.6 Å². The molecule has 1 N–H and O–H groups in total. The quantitative estimate of drug-likeness (QED) is 0.903. The molecule has 0 spiro atoms. The summed E-state index contributed by atoms with van der Waals surface area (Å²) < 4.78 is 41.8. The Morgan fingerprint density at radius 2 is 1.86 bits per heavy atom. The number of hydrogen-bond donors (Lipinski definition) is 1. The number of fused-ring (bicyclic) bond motifs is 1. The zero-order valence-corrected chi connectivity index (χ0v) is 12.5. The topological polar surface area (TPSA) is 21.3 Å². The molecule has 1 saturated heterocycles. The number of ether oxygens (including phenoxy) is 1. The van der Waals surface area contributed by atoms with Crippen molar-refractivity contribution in [3.8, 4) is 0 Å². The van der Waals surface area contributed by atoms with Gasteiger partial charge in [0.1, 0.15) is 6.61 Å². The van der Waals surface area contributed by atoms with Crippen molar-refractivity contribution in [1.29, 1.82) is 0 Å². The van der Waals surface area contributed by atoms with E-state index in [1.54, 1.807) is 12.1 Å². The highest BCUT2D eigenvalue weighted by Gasteiger charge is 2.67. The van der Waals surface area contributed by atoms with Crippen molar-refractivity contribution in [3.05, 3.63) is 33.8 Å². The van der Waals surface area contributed by atoms with E-state index in [0.29, 0.717) is 21.9 Å². The molecule has 0 bridgehead atoms. The molecule has 3 atom stereocenters. The van der Waals surface area contributed by atoms with Crippen LogP contribution in [0.2, 0.25) is 10.0 Å². The summed E-state index contributed by atoms with van der Waals surface area (Å²) in [7, 11) is 0. The van der Waals surface area contributed by atoms with E-state index in [2.05, 4.69) is 5.32 Å². The Balaban J connectivity index is 1.80. The van der Waals surface area contributed by atoms with Gasteiger partial charge in [0.05, 0.1) is 16.7 Å². The molecule has 1 heterocycles. The largest absolute Gasteiger partial charge is 0.411 e. The van der Waals surface area contributed by atoms with Gasteiger partial charge in [0.15, 0.2) is 0 Å². The van der Waals surface area contributed by atoms with Gasteiger partial charge in [0.25, 0.3) is 0 Å². The van der Waals surface area contributed by atoms with E-state index in [1.165, 1.54) is 0 Å². The highest BCUT2D eigenvalue weighted by Crippen LogP contribution is 2.62. The third-order valence-electron chi connectivity index (χ3n) is 4.49. The van der Waals surface area contributed by atoms with Gasteiger partial charge in [0.2, 0.25) is 0 Å². The number of benzene rings is 1. The summed E-state index contributed by atoms with van der Waals surface area (Å²) in [5.74, 6) is 0.589. The molecule has 1 aromatic carbocycles. The number of hydrogen-bond acceptors (Lipinski definition) is 2. The first kappa shape index (κ1) is 15.4. The molecule has 3 rings (SSSR count). The van der Waals surface area contributed by atoms with Crippen LogP contribution in [0.5, 0.6) is 0 Å². The second kappa shape index (κ2) is 5.30. The normalized spacial score (nSPS) is 31.3. The summed E-state index contributed by atoms with van der Waals surface area (Å²) in [6, 6.07) is 5.27. The molecular weight excluding hydrogens is 326 g/mol. The minimum atomic E-state index is -4.30. The van der Waals surface area contributed by atoms with Gasteiger partial charge < -0.3 is 10.1 Å². The summed E-state index contributed by atoms with van der Waals surface area (Å²) in [4.78, 5) is 0. The summed E-state index contributed by atoms with van der Waals surface area (Å²) in [6.07, 6.45) is -4.30. The lowest BCUT2D eigenvalue weighted by Crippen LogP contribution is -2.31. The lowest BCUT2D eigenvalue weighted by molar-refractivity contribution is -0.176. The van der Waals surface area contributed by atoms with Crippen LogP contribution in [0.25, 0.3) is 0 Å². The first-order valence-corrected chi connectivity index (χ1v) is 7.41. The predicted molar refractivity (Wildman–Crippen MR) is 74.9 cm³/mol. The van der Waals surface area contributed by atoms with Crippen molar-refractivity contribution >= 4 is 23.2 Å². The standard InChI is InChI=1S/C14H14Cl2F3NO/c15-11-2-1-8(3-12(11)16)13(6-21-7-14(17,18)19)9-4-20-5-10(9)13/h1-3,9-10,20H,4-7H2/t9-,10+,13?. The van der Waals surface area contributed by atoms with Gasteiger partial charge in [-0.25, -0.2) is 0 Å². The summed E-state index contributed by atoms with van der Waals surface area (Å²) >= 11 is 12.0. The maximum atomic E-state index is 12.3. The van der Waals surface area contributed by atoms with Crippen LogP contribution in [-0.4, -0.2) is 32.5 Å². The molecule has 1 aliphatic heterocycles. The Morgan fingerprint density at radius 1 is 1.19 bits per heavy atom. The fourth-order valence-corrected chi connectivity index (χ4v) is 3.79. The third kappa shape index (κ3) is 2.77. The molecule has 1 saturated carbocycles. The average molecular weight is 340 g/mol. The van der Waals surface area contributed by atoms with Crippen LogP contribution >= 0.6 is 23.2 Å². The minimum absolute atomic E-state index is 0.0570. The van der Waals surface area contributed by atoms with Crippen LogP contribution in [-0.2, 0) is 10.2 Å². The van der Waals surface area contributed by atoms with Gasteiger partial charge in [0, 0.05) is 5.41 Å². The summed E-state index contributed by atoms with van der Waals surface area (Å²) in [5.41, 5.74) is 0.542. The SMILES string of the molecule is FC(F)(F)COCC1(c2ccc(Cl)c(Cl)c2)[C@@H]2CNC[C@@H]21. The van der Waals surface area contributed by atoms with E-state index in [1.807, 2.05) is 6.07 Å². The van der Waals surface area contributed by atoms with Crippen molar-refractivity contribution < 1.29 is 17.9 Å². The summed E-state index contributed by atoms with van der Waals surface area (Å²) in [6.45, 7) is 0.422. The fraction of sp³-hybridized carbons (Fsp3) is 0.571. The Labute approximate surface area is 130 Å². The van der Waals surface area contributed by atoms with Crippen LogP contribution in [0.3, 0.4) is 0 Å². The molecular formula is C14H14Cl2F3NO. The molecule has 0 radical (unpaired) electrons. The zero-order chi connectivity index (χ0) is 15.3. The number of piperidine rings is 1. The Morgan fingerprint density at radius 3 is 2.43 bits per heavy atom. The van der Waals surface area contributed by atoms with E-state index in [-0.39, 0.29) is 12.0 Å². The highest BCUT2D eigenvalue weighted by atomic mass is 35.5. The average Bonchev–Trinajstić information content (AvgIpc) is 2.79. The minimum Gasteiger partial charge on any atom is -0.371 e. The molecule has 1 aliphatic carbocycles. The van der Waals surface area contributed by atoms with Crippen molar-refractivity contribution in [2.45, 2.75) is 11.6 Å². The molecule has 1 unspecified atom stereocenters. The van der Waals surface area contributed by atoms with Crippen molar-refractivity contribution in [2.24, 2.45) is 11.8 Å². The van der Waals surface area contributed by atoms with Gasteiger partial charge in [-0.1, -0.05) is 29.3 Å². The fourth-order valence-electron chi connectivity index (χ4n) is 3.49. The van der Waals surface area contributed by atoms with Gasteiger partial charge >= 0.3 is 6.18 Å². The Hall–Kier alpha value is -0.490. The van der Waals surface area contributed by atoms with Crippen LogP contribution in [0.4, 0.5) is 13.2 Å². The van der Waals surface area contributed by atoms with Crippen molar-refractivity contribution in [2.75, 3.05) is 26.3 Å². The number of nitrogens with one attached hydrogen (secondary N) is 1. The third-order valence-corrected chi connectivity index (χ3v) is 5.23. The van der Waals surface area contributed by atoms with Gasteiger partial charge in [-0.3, -0.25) is 0 Å². The lowest BCUT2D eigenvalue weighted by atomic mass is 9.91. The van der Waals surface area contributed by atoms with Crippen LogP contribution < -0.4 is 5.32 Å². The number of halogens is 5. The van der Waals surface area contributed by atoms with Crippen molar-refractivity contribution in [1.82, 2.24) is 5.32 Å².